The third-order valence-corrected chi connectivity index (χ3v) is 4.58. The number of hydrogen-bond donors (Lipinski definition) is 1. The number of rotatable bonds is 5. The number of pyridine rings is 1. The predicted octanol–water partition coefficient (Wildman–Crippen LogP) is 5.37. The Balaban J connectivity index is 1.68. The zero-order chi connectivity index (χ0) is 20.2. The van der Waals surface area contributed by atoms with Crippen LogP contribution in [0.2, 0.25) is 0 Å². The fourth-order valence-electron chi connectivity index (χ4n) is 3.08. The number of nitrogen functional groups attached to an aromatic ring is 1. The van der Waals surface area contributed by atoms with Crippen LogP contribution in [0, 0.1) is 18.3 Å². The maximum Gasteiger partial charge on any atom is 0.139 e. The molecule has 0 bridgehead atoms. The molecule has 0 aliphatic heterocycles. The highest BCUT2D eigenvalue weighted by Crippen LogP contribution is 2.34. The van der Waals surface area contributed by atoms with Crippen LogP contribution in [0.5, 0.6) is 17.2 Å². The molecule has 0 radical (unpaired) electrons. The van der Waals surface area contributed by atoms with Crippen LogP contribution in [0.1, 0.15) is 16.7 Å². The number of nitriles is 1. The number of aryl methyl sites for hydroxylation is 1. The molecule has 142 valence electrons. The molecule has 0 atom stereocenters. The second-order valence-electron chi connectivity index (χ2n) is 6.69. The maximum atomic E-state index is 9.63. The van der Waals surface area contributed by atoms with E-state index < -0.39 is 0 Å². The number of fused-ring (bicyclic) bond motifs is 1. The summed E-state index contributed by atoms with van der Waals surface area (Å²) in [6.45, 7) is 2.31. The van der Waals surface area contributed by atoms with Gasteiger partial charge >= 0.3 is 0 Å². The molecule has 5 heteroatoms. The zero-order valence-electron chi connectivity index (χ0n) is 15.9. The Bertz CT molecular complexity index is 1210. The van der Waals surface area contributed by atoms with Crippen molar-refractivity contribution in [3.05, 3.63) is 89.6 Å². The maximum absolute atomic E-state index is 9.63. The lowest BCUT2D eigenvalue weighted by Crippen LogP contribution is -1.98. The molecule has 0 fully saturated rings. The van der Waals surface area contributed by atoms with Crippen LogP contribution < -0.4 is 15.2 Å². The highest BCUT2D eigenvalue weighted by Gasteiger charge is 2.12. The second-order valence-corrected chi connectivity index (χ2v) is 6.69. The summed E-state index contributed by atoms with van der Waals surface area (Å²) < 4.78 is 12.0. The topological polar surface area (TPSA) is 81.2 Å². The molecule has 29 heavy (non-hydrogen) atoms. The third kappa shape index (κ3) is 3.97. The Morgan fingerprint density at radius 3 is 2.55 bits per heavy atom. The van der Waals surface area contributed by atoms with Crippen LogP contribution in [-0.4, -0.2) is 4.98 Å². The van der Waals surface area contributed by atoms with Crippen molar-refractivity contribution >= 4 is 16.6 Å². The molecule has 0 saturated carbocycles. The molecule has 0 saturated heterocycles. The molecule has 0 unspecified atom stereocenters. The number of nitrogens with zero attached hydrogens (tertiary/aromatic N) is 2. The summed E-state index contributed by atoms with van der Waals surface area (Å²) in [6.07, 6.45) is 1.68. The molecule has 5 nitrogen and oxygen atoms in total. The number of ether oxygens (including phenoxy) is 2. The summed E-state index contributed by atoms with van der Waals surface area (Å²) in [5.41, 5.74) is 9.58. The zero-order valence-corrected chi connectivity index (χ0v) is 15.9. The van der Waals surface area contributed by atoms with Gasteiger partial charge in [0.05, 0.1) is 11.1 Å². The predicted molar refractivity (Wildman–Crippen MR) is 113 cm³/mol. The minimum absolute atomic E-state index is 0.377. The summed E-state index contributed by atoms with van der Waals surface area (Å²) in [5, 5.41) is 10.4. The molecule has 3 aromatic carbocycles. The first kappa shape index (κ1) is 18.3. The summed E-state index contributed by atoms with van der Waals surface area (Å²) in [7, 11) is 0. The average molecular weight is 381 g/mol. The third-order valence-electron chi connectivity index (χ3n) is 4.58. The van der Waals surface area contributed by atoms with E-state index in [1.807, 2.05) is 49.4 Å². The van der Waals surface area contributed by atoms with Crippen LogP contribution in [0.15, 0.2) is 72.9 Å². The average Bonchev–Trinajstić information content (AvgIpc) is 2.74. The number of aromatic nitrogens is 1. The highest BCUT2D eigenvalue weighted by atomic mass is 16.5. The van der Waals surface area contributed by atoms with Gasteiger partial charge in [-0.1, -0.05) is 30.3 Å². The van der Waals surface area contributed by atoms with Crippen LogP contribution >= 0.6 is 0 Å². The lowest BCUT2D eigenvalue weighted by atomic mass is 10.1. The highest BCUT2D eigenvalue weighted by molar-refractivity contribution is 5.88. The molecular weight excluding hydrogens is 362 g/mol. The van der Waals surface area contributed by atoms with Gasteiger partial charge in [-0.2, -0.15) is 5.26 Å². The van der Waals surface area contributed by atoms with Crippen LogP contribution in [0.4, 0.5) is 5.69 Å². The first-order valence-corrected chi connectivity index (χ1v) is 9.17. The summed E-state index contributed by atoms with van der Waals surface area (Å²) in [6, 6.07) is 22.8. The van der Waals surface area contributed by atoms with E-state index >= 15 is 0 Å². The van der Waals surface area contributed by atoms with E-state index in [1.165, 1.54) is 0 Å². The molecule has 2 N–H and O–H groups in total. The molecule has 1 aromatic heterocycles. The largest absolute Gasteiger partial charge is 0.487 e. The smallest absolute Gasteiger partial charge is 0.139 e. The Morgan fingerprint density at radius 2 is 1.79 bits per heavy atom. The van der Waals surface area contributed by atoms with E-state index in [9.17, 15) is 5.26 Å². The Kier molecular flexibility index (Phi) is 5.00. The molecule has 0 aliphatic rings. The van der Waals surface area contributed by atoms with E-state index in [4.69, 9.17) is 15.2 Å². The quantitative estimate of drug-likeness (QED) is 0.470. The fraction of sp³-hybridized carbons (Fsp3) is 0.0833. The Labute approximate surface area is 169 Å². The van der Waals surface area contributed by atoms with Crippen molar-refractivity contribution in [2.45, 2.75) is 13.5 Å². The summed E-state index contributed by atoms with van der Waals surface area (Å²) in [5.74, 6) is 1.82. The van der Waals surface area contributed by atoms with Crippen LogP contribution in [0.25, 0.3) is 10.9 Å². The van der Waals surface area contributed by atoms with Crippen molar-refractivity contribution in [1.82, 2.24) is 4.98 Å². The first-order valence-electron chi connectivity index (χ1n) is 9.17. The summed E-state index contributed by atoms with van der Waals surface area (Å²) in [4.78, 5) is 4.42. The van der Waals surface area contributed by atoms with Gasteiger partial charge in [0.1, 0.15) is 29.9 Å². The van der Waals surface area contributed by atoms with Gasteiger partial charge in [0.2, 0.25) is 0 Å². The molecule has 0 amide bonds. The van der Waals surface area contributed by atoms with E-state index in [0.717, 1.165) is 16.5 Å². The first-order chi connectivity index (χ1) is 14.1. The summed E-state index contributed by atoms with van der Waals surface area (Å²) >= 11 is 0. The lowest BCUT2D eigenvalue weighted by molar-refractivity contribution is 0.305. The van der Waals surface area contributed by atoms with Gasteiger partial charge in [0.15, 0.2) is 0 Å². The van der Waals surface area contributed by atoms with Gasteiger partial charge in [-0.3, -0.25) is 4.98 Å². The standard InChI is InChI=1S/C24H19N3O2/c1-16-11-19(26)7-8-22(16)29-23-9-10-27-21-13-24(18(14-25)12-20(21)23)28-15-17-5-3-2-4-6-17/h2-13H,15,26H2,1H3. The van der Waals surface area contributed by atoms with E-state index in [-0.39, 0.29) is 0 Å². The molecular formula is C24H19N3O2. The molecule has 1 heterocycles. The second kappa shape index (κ2) is 7.91. The van der Waals surface area contributed by atoms with Gasteiger partial charge in [0.25, 0.3) is 0 Å². The Morgan fingerprint density at radius 1 is 0.966 bits per heavy atom. The number of benzene rings is 3. The normalized spacial score (nSPS) is 10.5. The molecule has 0 spiro atoms. The van der Waals surface area contributed by atoms with Crippen molar-refractivity contribution in [2.75, 3.05) is 5.73 Å². The van der Waals surface area contributed by atoms with Crippen molar-refractivity contribution in [1.29, 1.82) is 5.26 Å². The minimum atomic E-state index is 0.377. The monoisotopic (exact) mass is 381 g/mol. The molecule has 0 aliphatic carbocycles. The van der Waals surface area contributed by atoms with E-state index in [2.05, 4.69) is 11.1 Å². The fourth-order valence-corrected chi connectivity index (χ4v) is 3.08. The van der Waals surface area contributed by atoms with Gasteiger partial charge < -0.3 is 15.2 Å². The number of hydrogen-bond acceptors (Lipinski definition) is 5. The van der Waals surface area contributed by atoms with Crippen molar-refractivity contribution in [3.63, 3.8) is 0 Å². The minimum Gasteiger partial charge on any atom is -0.487 e. The van der Waals surface area contributed by atoms with Gasteiger partial charge in [-0.15, -0.1) is 0 Å². The van der Waals surface area contributed by atoms with Gasteiger partial charge in [-0.25, -0.2) is 0 Å². The van der Waals surface area contributed by atoms with Gasteiger partial charge in [-0.05, 0) is 48.4 Å². The Hall–Kier alpha value is -4.04. The lowest BCUT2D eigenvalue weighted by Gasteiger charge is -2.13. The van der Waals surface area contributed by atoms with E-state index in [0.29, 0.717) is 40.6 Å². The van der Waals surface area contributed by atoms with Gasteiger partial charge in [0, 0.05) is 23.3 Å². The number of nitrogens with two attached hydrogens (primary N) is 1. The molecule has 4 rings (SSSR count). The van der Waals surface area contributed by atoms with E-state index in [1.54, 1.807) is 30.5 Å². The van der Waals surface area contributed by atoms with Crippen LogP contribution in [-0.2, 0) is 6.61 Å². The van der Waals surface area contributed by atoms with Crippen molar-refractivity contribution in [2.24, 2.45) is 0 Å². The molecule has 4 aromatic rings. The van der Waals surface area contributed by atoms with Crippen molar-refractivity contribution < 1.29 is 9.47 Å². The SMILES string of the molecule is Cc1cc(N)ccc1Oc1ccnc2cc(OCc3ccccc3)c(C#N)cc12. The van der Waals surface area contributed by atoms with Crippen LogP contribution in [0.3, 0.4) is 0 Å². The van der Waals surface area contributed by atoms with Crippen molar-refractivity contribution in [3.8, 4) is 23.3 Å². The number of anilines is 1.